The fraction of sp³-hybridized carbons (Fsp3) is 0.333. The number of aryl methyl sites for hydroxylation is 1. The minimum Gasteiger partial charge on any atom is -0.369 e. The Morgan fingerprint density at radius 3 is 2.84 bits per heavy atom. The number of H-pyrrole nitrogens is 1. The zero-order chi connectivity index (χ0) is 21.7. The number of nitrogens with zero attached hydrogens (tertiary/aromatic N) is 4. The van der Waals surface area contributed by atoms with Crippen LogP contribution in [0.3, 0.4) is 0 Å². The Hall–Kier alpha value is -3.27. The summed E-state index contributed by atoms with van der Waals surface area (Å²) in [5, 5.41) is 18.4. The van der Waals surface area contributed by atoms with E-state index >= 15 is 0 Å². The van der Waals surface area contributed by atoms with Crippen molar-refractivity contribution >= 4 is 39.0 Å². The molecule has 10 heteroatoms. The molecule has 0 spiro atoms. The van der Waals surface area contributed by atoms with Gasteiger partial charge in [-0.3, -0.25) is 9.78 Å². The van der Waals surface area contributed by atoms with Gasteiger partial charge in [-0.05, 0) is 31.2 Å². The number of hydrogen-bond donors (Lipinski definition) is 3. The molecular weight excluding hydrogens is 407 g/mol. The molecule has 1 aliphatic rings. The fourth-order valence-electron chi connectivity index (χ4n) is 4.21. The van der Waals surface area contributed by atoms with Gasteiger partial charge in [-0.25, -0.2) is 13.2 Å². The van der Waals surface area contributed by atoms with Crippen molar-refractivity contribution < 1.29 is 13.2 Å². The van der Waals surface area contributed by atoms with E-state index in [1.807, 2.05) is 6.07 Å². The van der Waals surface area contributed by atoms with Crippen LogP contribution in [0.15, 0.2) is 30.5 Å². The zero-order valence-corrected chi connectivity index (χ0v) is 17.1. The van der Waals surface area contributed by atoms with E-state index in [0.717, 1.165) is 25.3 Å². The van der Waals surface area contributed by atoms with E-state index in [1.165, 1.54) is 16.8 Å². The first-order valence-electron chi connectivity index (χ1n) is 10.1. The van der Waals surface area contributed by atoms with E-state index in [0.29, 0.717) is 22.0 Å². The van der Waals surface area contributed by atoms with Crippen molar-refractivity contribution in [3.8, 4) is 0 Å². The largest absolute Gasteiger partial charge is 0.369 e. The van der Waals surface area contributed by atoms with Crippen molar-refractivity contribution in [3.63, 3.8) is 0 Å². The first-order chi connectivity index (χ1) is 14.9. The molecule has 2 aromatic heterocycles. The van der Waals surface area contributed by atoms with Gasteiger partial charge in [0.25, 0.3) is 6.43 Å². The van der Waals surface area contributed by atoms with Crippen LogP contribution in [-0.2, 0) is 7.05 Å². The van der Waals surface area contributed by atoms with Gasteiger partial charge in [0.05, 0.1) is 10.9 Å². The van der Waals surface area contributed by atoms with Crippen LogP contribution >= 0.6 is 0 Å². The van der Waals surface area contributed by atoms with Crippen LogP contribution in [0.1, 0.15) is 18.9 Å². The number of anilines is 3. The van der Waals surface area contributed by atoms with Crippen LogP contribution in [0.25, 0.3) is 21.8 Å². The van der Waals surface area contributed by atoms with Crippen LogP contribution in [0.5, 0.6) is 0 Å². The van der Waals surface area contributed by atoms with Gasteiger partial charge in [0.15, 0.2) is 11.6 Å². The molecule has 7 nitrogen and oxygen atoms in total. The smallest absolute Gasteiger partial charge is 0.264 e. The lowest BCUT2D eigenvalue weighted by molar-refractivity contribution is 0.153. The van der Waals surface area contributed by atoms with Crippen LogP contribution in [0.4, 0.5) is 30.4 Å². The highest BCUT2D eigenvalue weighted by Gasteiger charge is 2.23. The summed E-state index contributed by atoms with van der Waals surface area (Å²) in [5.74, 6) is -0.266. The summed E-state index contributed by atoms with van der Waals surface area (Å²) in [6, 6.07) is 6.63. The SMILES string of the molecule is CC1CN(c2cc(C(F)F)c3c(Nc4cc(F)c5nn(C)cc5c4)n[nH]c3c2)CCN1. The van der Waals surface area contributed by atoms with Gasteiger partial charge in [-0.2, -0.15) is 10.2 Å². The van der Waals surface area contributed by atoms with Crippen molar-refractivity contribution in [1.29, 1.82) is 0 Å². The predicted octanol–water partition coefficient (Wildman–Crippen LogP) is 4.07. The average molecular weight is 429 g/mol. The highest BCUT2D eigenvalue weighted by Crippen LogP contribution is 2.37. The number of nitrogens with one attached hydrogen (secondary N) is 3. The summed E-state index contributed by atoms with van der Waals surface area (Å²) < 4.78 is 44.0. The number of rotatable bonds is 4. The molecule has 0 aliphatic carbocycles. The van der Waals surface area contributed by atoms with Gasteiger partial charge < -0.3 is 15.5 Å². The number of hydrogen-bond acceptors (Lipinski definition) is 5. The molecule has 1 unspecified atom stereocenters. The van der Waals surface area contributed by atoms with Crippen LogP contribution in [0, 0.1) is 5.82 Å². The molecule has 0 radical (unpaired) electrons. The maximum atomic E-state index is 14.4. The molecule has 4 aromatic rings. The zero-order valence-electron chi connectivity index (χ0n) is 17.1. The lowest BCUT2D eigenvalue weighted by Crippen LogP contribution is -2.49. The predicted molar refractivity (Wildman–Crippen MR) is 115 cm³/mol. The molecule has 3 N–H and O–H groups in total. The molecule has 3 heterocycles. The van der Waals surface area contributed by atoms with E-state index in [1.54, 1.807) is 19.3 Å². The highest BCUT2D eigenvalue weighted by molar-refractivity contribution is 5.97. The summed E-state index contributed by atoms with van der Waals surface area (Å²) >= 11 is 0. The number of piperazine rings is 1. The van der Waals surface area contributed by atoms with E-state index < -0.39 is 12.2 Å². The molecule has 31 heavy (non-hydrogen) atoms. The second-order valence-corrected chi connectivity index (χ2v) is 7.96. The Bertz CT molecular complexity index is 1260. The Morgan fingerprint density at radius 1 is 1.23 bits per heavy atom. The molecule has 2 aromatic carbocycles. The molecule has 0 amide bonds. The van der Waals surface area contributed by atoms with E-state index in [2.05, 4.69) is 37.8 Å². The molecule has 1 aliphatic heterocycles. The molecule has 5 rings (SSSR count). The van der Waals surface area contributed by atoms with Crippen molar-refractivity contribution in [3.05, 3.63) is 41.8 Å². The molecule has 1 fully saturated rings. The van der Waals surface area contributed by atoms with Crippen molar-refractivity contribution in [2.75, 3.05) is 29.9 Å². The van der Waals surface area contributed by atoms with Crippen molar-refractivity contribution in [2.45, 2.75) is 19.4 Å². The van der Waals surface area contributed by atoms with E-state index in [4.69, 9.17) is 0 Å². The van der Waals surface area contributed by atoms with E-state index in [9.17, 15) is 13.2 Å². The summed E-state index contributed by atoms with van der Waals surface area (Å²) in [6.45, 7) is 4.33. The lowest BCUT2D eigenvalue weighted by Gasteiger charge is -2.34. The first kappa shape index (κ1) is 19.7. The Labute approximate surface area is 176 Å². The quantitative estimate of drug-likeness (QED) is 0.456. The molecule has 0 bridgehead atoms. The van der Waals surface area contributed by atoms with Gasteiger partial charge in [0.2, 0.25) is 0 Å². The number of benzene rings is 2. The second-order valence-electron chi connectivity index (χ2n) is 7.96. The van der Waals surface area contributed by atoms with Gasteiger partial charge in [-0.1, -0.05) is 0 Å². The molecule has 1 atom stereocenters. The topological polar surface area (TPSA) is 73.8 Å². The molecule has 0 saturated carbocycles. The maximum absolute atomic E-state index is 14.4. The number of fused-ring (bicyclic) bond motifs is 2. The second kappa shape index (κ2) is 7.45. The average Bonchev–Trinajstić information content (AvgIpc) is 3.30. The summed E-state index contributed by atoms with van der Waals surface area (Å²) in [6.07, 6.45) is -0.990. The normalized spacial score (nSPS) is 17.2. The fourth-order valence-corrected chi connectivity index (χ4v) is 4.21. The third-order valence-corrected chi connectivity index (χ3v) is 5.59. The molecule has 1 saturated heterocycles. The van der Waals surface area contributed by atoms with Gasteiger partial charge >= 0.3 is 0 Å². The van der Waals surface area contributed by atoms with Gasteiger partial charge in [-0.15, -0.1) is 0 Å². The van der Waals surface area contributed by atoms with Crippen molar-refractivity contribution in [1.82, 2.24) is 25.3 Å². The molecule has 162 valence electrons. The molecular formula is C21H22F3N7. The number of aromatic amines is 1. The standard InChI is InChI=1S/C21H22F3N7/c1-11-9-31(4-3-25-11)14-7-15(20(23)24)18-17(8-14)27-28-21(18)26-13-5-12-10-30(2)29-19(12)16(22)6-13/h5-8,10-11,20,25H,3-4,9H2,1-2H3,(H2,26,27,28). The number of aromatic nitrogens is 4. The Kier molecular flexibility index (Phi) is 4.73. The van der Waals surface area contributed by atoms with Crippen molar-refractivity contribution in [2.24, 2.45) is 7.05 Å². The van der Waals surface area contributed by atoms with Crippen LogP contribution in [0.2, 0.25) is 0 Å². The monoisotopic (exact) mass is 429 g/mol. The van der Waals surface area contributed by atoms with Crippen LogP contribution in [-0.4, -0.2) is 45.7 Å². The minimum absolute atomic E-state index is 0.113. The van der Waals surface area contributed by atoms with Gasteiger partial charge in [0, 0.05) is 61.2 Å². The summed E-state index contributed by atoms with van der Waals surface area (Å²) in [7, 11) is 1.71. The number of alkyl halides is 2. The highest BCUT2D eigenvalue weighted by atomic mass is 19.3. The third-order valence-electron chi connectivity index (χ3n) is 5.59. The lowest BCUT2D eigenvalue weighted by atomic mass is 10.1. The van der Waals surface area contributed by atoms with Crippen LogP contribution < -0.4 is 15.5 Å². The Balaban J connectivity index is 1.55. The minimum atomic E-state index is -2.68. The third kappa shape index (κ3) is 3.56. The van der Waals surface area contributed by atoms with Gasteiger partial charge in [0.1, 0.15) is 5.52 Å². The summed E-state index contributed by atoms with van der Waals surface area (Å²) in [5.41, 5.74) is 1.78. The summed E-state index contributed by atoms with van der Waals surface area (Å²) in [4.78, 5) is 2.09. The first-order valence-corrected chi connectivity index (χ1v) is 10.1. The van der Waals surface area contributed by atoms with E-state index in [-0.39, 0.29) is 22.9 Å². The number of halogens is 3. The Morgan fingerprint density at radius 2 is 2.06 bits per heavy atom. The maximum Gasteiger partial charge on any atom is 0.264 e.